The number of nitrogens with one attached hydrogen (secondary N) is 1. The number of aryl methyl sites for hydroxylation is 1. The number of carbonyl (C=O) groups is 1. The topological polar surface area (TPSA) is 53.4 Å². The second kappa shape index (κ2) is 10.3. The van der Waals surface area contributed by atoms with Gasteiger partial charge in [-0.3, -0.25) is 9.69 Å². The summed E-state index contributed by atoms with van der Waals surface area (Å²) in [6.45, 7) is 8.62. The first kappa shape index (κ1) is 21.1. The fraction of sp³-hybridized carbons (Fsp3) is 0.360. The van der Waals surface area contributed by atoms with Crippen molar-refractivity contribution in [2.75, 3.05) is 44.2 Å². The SMILES string of the molecule is Cc1ccccc1Cn1ccnc1C(=O)NCCCN1CCN(c2ccccc2)CC1. The van der Waals surface area contributed by atoms with E-state index in [1.54, 1.807) is 6.20 Å². The van der Waals surface area contributed by atoms with E-state index in [4.69, 9.17) is 0 Å². The molecule has 1 fully saturated rings. The summed E-state index contributed by atoms with van der Waals surface area (Å²) in [6.07, 6.45) is 4.50. The van der Waals surface area contributed by atoms with Gasteiger partial charge in [-0.1, -0.05) is 42.5 Å². The first-order valence-corrected chi connectivity index (χ1v) is 11.1. The average Bonchev–Trinajstić information content (AvgIpc) is 3.27. The van der Waals surface area contributed by atoms with E-state index in [0.717, 1.165) is 39.1 Å². The number of hydrogen-bond donors (Lipinski definition) is 1. The van der Waals surface area contributed by atoms with Crippen LogP contribution in [-0.4, -0.2) is 59.6 Å². The molecule has 0 aliphatic carbocycles. The zero-order valence-corrected chi connectivity index (χ0v) is 18.2. The van der Waals surface area contributed by atoms with Crippen molar-refractivity contribution >= 4 is 11.6 Å². The Balaban J connectivity index is 1.19. The van der Waals surface area contributed by atoms with E-state index < -0.39 is 0 Å². The largest absolute Gasteiger partial charge is 0.369 e. The van der Waals surface area contributed by atoms with Crippen molar-refractivity contribution in [1.29, 1.82) is 0 Å². The van der Waals surface area contributed by atoms with Gasteiger partial charge in [-0.15, -0.1) is 0 Å². The van der Waals surface area contributed by atoms with Crippen molar-refractivity contribution in [3.63, 3.8) is 0 Å². The van der Waals surface area contributed by atoms with E-state index >= 15 is 0 Å². The highest BCUT2D eigenvalue weighted by Crippen LogP contribution is 2.15. The van der Waals surface area contributed by atoms with Crippen LogP contribution in [-0.2, 0) is 6.54 Å². The highest BCUT2D eigenvalue weighted by atomic mass is 16.2. The molecule has 1 aliphatic heterocycles. The van der Waals surface area contributed by atoms with E-state index in [0.29, 0.717) is 18.9 Å². The maximum Gasteiger partial charge on any atom is 0.287 e. The van der Waals surface area contributed by atoms with Crippen molar-refractivity contribution in [1.82, 2.24) is 19.8 Å². The zero-order valence-electron chi connectivity index (χ0n) is 18.2. The number of nitrogens with zero attached hydrogens (tertiary/aromatic N) is 4. The number of hydrogen-bond acceptors (Lipinski definition) is 4. The molecule has 6 heteroatoms. The second-order valence-electron chi connectivity index (χ2n) is 8.08. The standard InChI is InChI=1S/C25H31N5O/c1-21-8-5-6-9-22(21)20-30-15-13-26-24(30)25(31)27-12-7-14-28-16-18-29(19-17-28)23-10-3-2-4-11-23/h2-6,8-11,13,15H,7,12,14,16-20H2,1H3,(H,27,31). The lowest BCUT2D eigenvalue weighted by Gasteiger charge is -2.36. The van der Waals surface area contributed by atoms with E-state index in [-0.39, 0.29) is 5.91 Å². The molecule has 4 rings (SSSR count). The smallest absolute Gasteiger partial charge is 0.287 e. The summed E-state index contributed by atoms with van der Waals surface area (Å²) in [6, 6.07) is 18.8. The van der Waals surface area contributed by atoms with E-state index in [1.165, 1.54) is 16.8 Å². The summed E-state index contributed by atoms with van der Waals surface area (Å²) in [5.41, 5.74) is 3.72. The summed E-state index contributed by atoms with van der Waals surface area (Å²) < 4.78 is 1.92. The minimum atomic E-state index is -0.104. The van der Waals surface area contributed by atoms with Crippen LogP contribution in [0.2, 0.25) is 0 Å². The fourth-order valence-electron chi connectivity index (χ4n) is 4.07. The van der Waals surface area contributed by atoms with Gasteiger partial charge in [0.15, 0.2) is 5.82 Å². The van der Waals surface area contributed by atoms with Gasteiger partial charge in [-0.05, 0) is 43.1 Å². The number of para-hydroxylation sites is 1. The summed E-state index contributed by atoms with van der Waals surface area (Å²) in [7, 11) is 0. The van der Waals surface area contributed by atoms with Gasteiger partial charge in [0.2, 0.25) is 0 Å². The third-order valence-electron chi connectivity index (χ3n) is 5.95. The maximum atomic E-state index is 12.6. The number of anilines is 1. The molecular formula is C25H31N5O. The molecule has 0 atom stereocenters. The normalized spacial score (nSPS) is 14.5. The maximum absolute atomic E-state index is 12.6. The Labute approximate surface area is 184 Å². The number of rotatable bonds is 8. The van der Waals surface area contributed by atoms with Crippen LogP contribution in [0.15, 0.2) is 67.0 Å². The first-order valence-electron chi connectivity index (χ1n) is 11.1. The van der Waals surface area contributed by atoms with E-state index in [9.17, 15) is 4.79 Å². The average molecular weight is 418 g/mol. The first-order chi connectivity index (χ1) is 15.2. The molecule has 1 saturated heterocycles. The molecule has 2 heterocycles. The third-order valence-corrected chi connectivity index (χ3v) is 5.95. The van der Waals surface area contributed by atoms with Crippen molar-refractivity contribution in [3.8, 4) is 0 Å². The Morgan fingerprint density at radius 2 is 1.74 bits per heavy atom. The van der Waals surface area contributed by atoms with Crippen LogP contribution >= 0.6 is 0 Å². The lowest BCUT2D eigenvalue weighted by Crippen LogP contribution is -2.47. The molecule has 0 bridgehead atoms. The second-order valence-corrected chi connectivity index (χ2v) is 8.08. The Kier molecular flexibility index (Phi) is 6.99. The Hall–Kier alpha value is -3.12. The Bertz CT molecular complexity index is 976. The molecule has 0 spiro atoms. The van der Waals surface area contributed by atoms with Gasteiger partial charge in [0.1, 0.15) is 0 Å². The van der Waals surface area contributed by atoms with Crippen molar-refractivity contribution in [2.24, 2.45) is 0 Å². The molecule has 31 heavy (non-hydrogen) atoms. The zero-order chi connectivity index (χ0) is 21.5. The van der Waals surface area contributed by atoms with Gasteiger partial charge in [0.25, 0.3) is 5.91 Å². The molecule has 0 unspecified atom stereocenters. The Morgan fingerprint density at radius 1 is 1.00 bits per heavy atom. The van der Waals surface area contributed by atoms with Crippen LogP contribution in [0, 0.1) is 6.92 Å². The number of imidazole rings is 1. The monoisotopic (exact) mass is 417 g/mol. The highest BCUT2D eigenvalue weighted by molar-refractivity contribution is 5.90. The lowest BCUT2D eigenvalue weighted by molar-refractivity contribution is 0.0937. The molecule has 1 amide bonds. The van der Waals surface area contributed by atoms with Crippen LogP contribution in [0.4, 0.5) is 5.69 Å². The van der Waals surface area contributed by atoms with E-state index in [1.807, 2.05) is 22.9 Å². The summed E-state index contributed by atoms with van der Waals surface area (Å²) in [5.74, 6) is 0.368. The molecule has 0 radical (unpaired) electrons. The van der Waals surface area contributed by atoms with Crippen LogP contribution in [0.5, 0.6) is 0 Å². The van der Waals surface area contributed by atoms with Crippen molar-refractivity contribution in [2.45, 2.75) is 19.9 Å². The predicted molar refractivity (Wildman–Crippen MR) is 125 cm³/mol. The summed E-state index contributed by atoms with van der Waals surface area (Å²) in [5, 5.41) is 3.04. The summed E-state index contributed by atoms with van der Waals surface area (Å²) in [4.78, 5) is 21.8. The lowest BCUT2D eigenvalue weighted by atomic mass is 10.1. The van der Waals surface area contributed by atoms with Gasteiger partial charge in [-0.2, -0.15) is 0 Å². The third kappa shape index (κ3) is 5.52. The molecule has 1 aliphatic rings. The quantitative estimate of drug-likeness (QED) is 0.572. The molecule has 0 saturated carbocycles. The van der Waals surface area contributed by atoms with Gasteiger partial charge < -0.3 is 14.8 Å². The highest BCUT2D eigenvalue weighted by Gasteiger charge is 2.17. The van der Waals surface area contributed by atoms with E-state index in [2.05, 4.69) is 69.5 Å². The summed E-state index contributed by atoms with van der Waals surface area (Å²) >= 11 is 0. The van der Waals surface area contributed by atoms with Gasteiger partial charge in [-0.25, -0.2) is 4.98 Å². The molecule has 1 aromatic heterocycles. The molecular weight excluding hydrogens is 386 g/mol. The minimum Gasteiger partial charge on any atom is -0.369 e. The molecule has 3 aromatic rings. The van der Waals surface area contributed by atoms with Gasteiger partial charge in [0.05, 0.1) is 0 Å². The van der Waals surface area contributed by atoms with Crippen molar-refractivity contribution in [3.05, 3.63) is 83.9 Å². The van der Waals surface area contributed by atoms with Crippen molar-refractivity contribution < 1.29 is 4.79 Å². The van der Waals surface area contributed by atoms with Gasteiger partial charge in [0, 0.05) is 57.3 Å². The molecule has 1 N–H and O–H groups in total. The van der Waals surface area contributed by atoms with Crippen LogP contribution < -0.4 is 10.2 Å². The molecule has 6 nitrogen and oxygen atoms in total. The fourth-order valence-corrected chi connectivity index (χ4v) is 4.07. The van der Waals surface area contributed by atoms with Crippen LogP contribution in [0.1, 0.15) is 28.2 Å². The van der Waals surface area contributed by atoms with Crippen LogP contribution in [0.25, 0.3) is 0 Å². The number of amides is 1. The molecule has 2 aromatic carbocycles. The number of piperazine rings is 1. The Morgan fingerprint density at radius 3 is 2.52 bits per heavy atom. The number of benzene rings is 2. The minimum absolute atomic E-state index is 0.104. The number of aromatic nitrogens is 2. The predicted octanol–water partition coefficient (Wildman–Crippen LogP) is 3.18. The molecule has 162 valence electrons. The number of carbonyl (C=O) groups excluding carboxylic acids is 1. The van der Waals surface area contributed by atoms with Crippen LogP contribution in [0.3, 0.4) is 0 Å². The van der Waals surface area contributed by atoms with Gasteiger partial charge >= 0.3 is 0 Å².